The van der Waals surface area contributed by atoms with Crippen LogP contribution in [0, 0.1) is 18.8 Å². The van der Waals surface area contributed by atoms with Gasteiger partial charge in [-0.3, -0.25) is 14.4 Å². The summed E-state index contributed by atoms with van der Waals surface area (Å²) in [5.74, 6) is -2.85. The minimum absolute atomic E-state index is 0.0624. The molecule has 1 unspecified atom stereocenters. The van der Waals surface area contributed by atoms with Gasteiger partial charge in [0.1, 0.15) is 17.6 Å². The Morgan fingerprint density at radius 3 is 2.66 bits per heavy atom. The minimum Gasteiger partial charge on any atom is -0.465 e. The molecular weight excluding hydrogens is 508 g/mol. The van der Waals surface area contributed by atoms with Gasteiger partial charge in [-0.2, -0.15) is 0 Å². The van der Waals surface area contributed by atoms with E-state index in [1.54, 1.807) is 15.9 Å². The molecule has 38 heavy (non-hydrogen) atoms. The Morgan fingerprint density at radius 1 is 1.08 bits per heavy atom. The van der Waals surface area contributed by atoms with Crippen LogP contribution in [0.4, 0.5) is 5.69 Å². The number of allylic oxidation sites excluding steroid dienone is 1. The summed E-state index contributed by atoms with van der Waals surface area (Å²) in [7, 11) is 0. The fraction of sp³-hybridized carbons (Fsp3) is 0.552. The molecule has 4 aliphatic rings. The number of cyclic esters (lactones) is 1. The molecular formula is C29H35ClN2O6. The number of aryl methyl sites for hydroxylation is 1. The fourth-order valence-corrected chi connectivity index (χ4v) is 6.93. The molecule has 5 atom stereocenters. The third-order valence-corrected chi connectivity index (χ3v) is 8.57. The van der Waals surface area contributed by atoms with Gasteiger partial charge in [0.05, 0.1) is 28.8 Å². The summed E-state index contributed by atoms with van der Waals surface area (Å²) in [6, 6.07) is 4.50. The molecule has 1 N–H and O–H groups in total. The van der Waals surface area contributed by atoms with Crippen molar-refractivity contribution >= 4 is 35.1 Å². The molecule has 2 fully saturated rings. The first-order valence-corrected chi connectivity index (χ1v) is 13.8. The zero-order chi connectivity index (χ0) is 27.1. The van der Waals surface area contributed by atoms with Crippen molar-refractivity contribution in [1.82, 2.24) is 4.90 Å². The maximum Gasteiger partial charge on any atom is 0.313 e. The SMILES string of the molecule is Cc1cccc(Cl)c1N1CC=C[C@]23O[C@@]4(C)/C=C\CCCOC(=O)[C@H]4[C@H]2C(=O)N(CCCCCO)C3C1=O. The third kappa shape index (κ3) is 4.27. The number of esters is 1. The molecule has 2 saturated heterocycles. The van der Waals surface area contributed by atoms with Crippen molar-refractivity contribution in [3.63, 3.8) is 0 Å². The number of carbonyl (C=O) groups is 3. The van der Waals surface area contributed by atoms with E-state index in [1.165, 1.54) is 0 Å². The van der Waals surface area contributed by atoms with E-state index in [2.05, 4.69) is 0 Å². The van der Waals surface area contributed by atoms with E-state index in [4.69, 9.17) is 21.1 Å². The number of nitrogens with zero attached hydrogens (tertiary/aromatic N) is 2. The standard InChI is InChI=1S/C29H35ClN2O6/c1-19-11-9-12-20(30)23(19)31-16-10-14-29-21(22-27(36)37-18-8-3-5-13-28(22,2)38-29)25(34)32(24(29)26(31)35)15-6-4-7-17-33/h5,9-14,21-22,24,33H,3-4,6-8,15-18H2,1-2H3/b13-5-/t21-,22+,24?,28-,29-/m0/s1. The van der Waals surface area contributed by atoms with Crippen LogP contribution in [0.1, 0.15) is 44.6 Å². The summed E-state index contributed by atoms with van der Waals surface area (Å²) in [5.41, 5.74) is -1.00. The highest BCUT2D eigenvalue weighted by atomic mass is 35.5. The Hall–Kier alpha value is -2.68. The van der Waals surface area contributed by atoms with E-state index in [1.807, 2.05) is 50.3 Å². The van der Waals surface area contributed by atoms with Crippen molar-refractivity contribution < 1.29 is 29.0 Å². The molecule has 0 aromatic heterocycles. The Labute approximate surface area is 228 Å². The molecule has 1 aromatic carbocycles. The molecule has 8 nitrogen and oxygen atoms in total. The van der Waals surface area contributed by atoms with E-state index >= 15 is 0 Å². The maximum absolute atomic E-state index is 14.5. The Balaban J connectivity index is 1.62. The van der Waals surface area contributed by atoms with Gasteiger partial charge in [-0.05, 0) is 57.6 Å². The van der Waals surface area contributed by atoms with E-state index in [0.29, 0.717) is 42.9 Å². The average molecular weight is 543 g/mol. The molecule has 0 radical (unpaired) electrons. The van der Waals surface area contributed by atoms with Crippen molar-refractivity contribution in [2.75, 3.05) is 31.2 Å². The number of unbranched alkanes of at least 4 members (excludes halogenated alkanes) is 2. The topological polar surface area (TPSA) is 96.4 Å². The van der Waals surface area contributed by atoms with Crippen molar-refractivity contribution in [2.24, 2.45) is 11.8 Å². The van der Waals surface area contributed by atoms with Crippen LogP contribution in [0.2, 0.25) is 5.02 Å². The summed E-state index contributed by atoms with van der Waals surface area (Å²) < 4.78 is 12.4. The highest BCUT2D eigenvalue weighted by molar-refractivity contribution is 6.34. The summed E-state index contributed by atoms with van der Waals surface area (Å²) >= 11 is 6.59. The van der Waals surface area contributed by atoms with Crippen LogP contribution in [0.15, 0.2) is 42.5 Å². The lowest BCUT2D eigenvalue weighted by Gasteiger charge is -2.37. The number of aliphatic hydroxyl groups is 1. The number of para-hydroxylation sites is 1. The van der Waals surface area contributed by atoms with E-state index < -0.39 is 35.0 Å². The second-order valence-electron chi connectivity index (χ2n) is 10.8. The van der Waals surface area contributed by atoms with Gasteiger partial charge in [0.15, 0.2) is 0 Å². The number of hydrogen-bond acceptors (Lipinski definition) is 6. The van der Waals surface area contributed by atoms with Gasteiger partial charge in [0.2, 0.25) is 5.91 Å². The number of aliphatic hydroxyl groups excluding tert-OH is 1. The highest BCUT2D eigenvalue weighted by Crippen LogP contribution is 2.57. The Morgan fingerprint density at radius 2 is 1.89 bits per heavy atom. The zero-order valence-corrected chi connectivity index (χ0v) is 22.7. The number of ether oxygens (including phenoxy) is 2. The van der Waals surface area contributed by atoms with E-state index in [-0.39, 0.29) is 31.6 Å². The number of hydrogen-bond donors (Lipinski definition) is 1. The summed E-state index contributed by atoms with van der Waals surface area (Å²) in [6.45, 7) is 4.61. The normalized spacial score (nSPS) is 33.6. The molecule has 1 spiro atoms. The molecule has 0 saturated carbocycles. The smallest absolute Gasteiger partial charge is 0.313 e. The van der Waals surface area contributed by atoms with Crippen LogP contribution in [0.25, 0.3) is 0 Å². The van der Waals surface area contributed by atoms with Crippen LogP contribution in [0.5, 0.6) is 0 Å². The first-order chi connectivity index (χ1) is 18.2. The van der Waals surface area contributed by atoms with Crippen LogP contribution in [-0.2, 0) is 23.9 Å². The van der Waals surface area contributed by atoms with Crippen molar-refractivity contribution in [2.45, 2.75) is 63.2 Å². The molecule has 5 rings (SSSR count). The van der Waals surface area contributed by atoms with Crippen LogP contribution >= 0.6 is 11.6 Å². The number of anilines is 1. The van der Waals surface area contributed by atoms with Gasteiger partial charge < -0.3 is 24.4 Å². The first kappa shape index (κ1) is 26.9. The second kappa shape index (κ2) is 10.5. The second-order valence-corrected chi connectivity index (χ2v) is 11.2. The number of halogens is 1. The Kier molecular flexibility index (Phi) is 7.42. The highest BCUT2D eigenvalue weighted by Gasteiger charge is 2.74. The number of amides is 2. The molecule has 4 aliphatic heterocycles. The molecule has 0 aliphatic carbocycles. The fourth-order valence-electron chi connectivity index (χ4n) is 6.61. The van der Waals surface area contributed by atoms with Gasteiger partial charge in [-0.25, -0.2) is 0 Å². The predicted molar refractivity (Wildman–Crippen MR) is 143 cm³/mol. The zero-order valence-electron chi connectivity index (χ0n) is 21.9. The molecule has 204 valence electrons. The number of benzene rings is 1. The van der Waals surface area contributed by atoms with Crippen LogP contribution in [-0.4, -0.2) is 71.3 Å². The van der Waals surface area contributed by atoms with Gasteiger partial charge in [0, 0.05) is 19.7 Å². The number of carbonyl (C=O) groups excluding carboxylic acids is 3. The van der Waals surface area contributed by atoms with Gasteiger partial charge in [0.25, 0.3) is 5.91 Å². The lowest BCUT2D eigenvalue weighted by molar-refractivity contribution is -0.158. The van der Waals surface area contributed by atoms with Crippen molar-refractivity contribution in [1.29, 1.82) is 0 Å². The molecule has 9 heteroatoms. The van der Waals surface area contributed by atoms with Gasteiger partial charge in [-0.1, -0.05) is 48.0 Å². The lowest BCUT2D eigenvalue weighted by atomic mass is 9.74. The predicted octanol–water partition coefficient (Wildman–Crippen LogP) is 3.58. The first-order valence-electron chi connectivity index (χ1n) is 13.5. The number of likely N-dealkylation sites (tertiary alicyclic amines) is 1. The van der Waals surface area contributed by atoms with Gasteiger partial charge >= 0.3 is 5.97 Å². The van der Waals surface area contributed by atoms with Crippen molar-refractivity contribution in [3.8, 4) is 0 Å². The molecule has 1 aromatic rings. The summed E-state index contributed by atoms with van der Waals surface area (Å²) in [4.78, 5) is 45.3. The number of rotatable bonds is 6. The van der Waals surface area contributed by atoms with E-state index in [0.717, 1.165) is 12.0 Å². The van der Waals surface area contributed by atoms with Gasteiger partial charge in [-0.15, -0.1) is 0 Å². The molecule has 0 bridgehead atoms. The van der Waals surface area contributed by atoms with Crippen molar-refractivity contribution in [3.05, 3.63) is 53.1 Å². The quantitative estimate of drug-likeness (QED) is 0.335. The van der Waals surface area contributed by atoms with Crippen LogP contribution in [0.3, 0.4) is 0 Å². The minimum atomic E-state index is -1.34. The monoisotopic (exact) mass is 542 g/mol. The average Bonchev–Trinajstić information content (AvgIpc) is 3.22. The third-order valence-electron chi connectivity index (χ3n) is 8.27. The molecule has 2 amide bonds. The Bertz CT molecular complexity index is 1160. The molecule has 4 heterocycles. The maximum atomic E-state index is 14.5. The summed E-state index contributed by atoms with van der Waals surface area (Å²) in [6.07, 6.45) is 10.8. The largest absolute Gasteiger partial charge is 0.465 e. The van der Waals surface area contributed by atoms with E-state index in [9.17, 15) is 19.5 Å². The number of fused-ring (bicyclic) bond motifs is 2. The summed E-state index contributed by atoms with van der Waals surface area (Å²) in [5, 5.41) is 9.68. The van der Waals surface area contributed by atoms with Crippen LogP contribution < -0.4 is 4.90 Å². The lowest BCUT2D eigenvalue weighted by Crippen LogP contribution is -2.56.